The third-order valence-electron chi connectivity index (χ3n) is 2.84. The average molecular weight is 305 g/mol. The summed E-state index contributed by atoms with van der Waals surface area (Å²) in [5.41, 5.74) is 3.61. The number of nitrogens with one attached hydrogen (secondary N) is 1. The van der Waals surface area contributed by atoms with Crippen LogP contribution in [0.25, 0.3) is 0 Å². The lowest BCUT2D eigenvalue weighted by molar-refractivity contribution is 0.0653. The standard InChI is InChI=1S/C12H18BrFN2O/c1-3-11(17-2)10(16-15)7-8-5-4-6-9(14)12(8)13/h4-6,10-11,16H,3,7,15H2,1-2H3. The minimum absolute atomic E-state index is 0.00941. The second-order valence-electron chi connectivity index (χ2n) is 3.87. The first kappa shape index (κ1) is 14.6. The van der Waals surface area contributed by atoms with Gasteiger partial charge in [-0.25, -0.2) is 4.39 Å². The highest BCUT2D eigenvalue weighted by Gasteiger charge is 2.20. The van der Waals surface area contributed by atoms with Crippen molar-refractivity contribution in [3.05, 3.63) is 34.1 Å². The van der Waals surface area contributed by atoms with Gasteiger partial charge in [0.1, 0.15) is 5.82 Å². The molecule has 0 amide bonds. The number of methoxy groups -OCH3 is 1. The third kappa shape index (κ3) is 3.74. The van der Waals surface area contributed by atoms with Gasteiger partial charge in [0, 0.05) is 7.11 Å². The molecule has 0 aromatic heterocycles. The molecule has 0 saturated carbocycles. The summed E-state index contributed by atoms with van der Waals surface area (Å²) in [6, 6.07) is 4.95. The molecule has 3 nitrogen and oxygen atoms in total. The molecule has 0 aliphatic heterocycles. The van der Waals surface area contributed by atoms with E-state index in [0.29, 0.717) is 10.9 Å². The number of hydrogen-bond acceptors (Lipinski definition) is 3. The molecular formula is C12H18BrFN2O. The lowest BCUT2D eigenvalue weighted by atomic mass is 10.00. The molecule has 0 bridgehead atoms. The highest BCUT2D eigenvalue weighted by molar-refractivity contribution is 9.10. The van der Waals surface area contributed by atoms with Gasteiger partial charge in [-0.15, -0.1) is 0 Å². The Morgan fingerprint density at radius 2 is 2.24 bits per heavy atom. The zero-order valence-electron chi connectivity index (χ0n) is 10.0. The lowest BCUT2D eigenvalue weighted by Gasteiger charge is -2.24. The minimum Gasteiger partial charge on any atom is -0.380 e. The van der Waals surface area contributed by atoms with E-state index in [1.165, 1.54) is 6.07 Å². The highest BCUT2D eigenvalue weighted by atomic mass is 79.9. The fraction of sp³-hybridized carbons (Fsp3) is 0.500. The topological polar surface area (TPSA) is 47.3 Å². The maximum absolute atomic E-state index is 13.4. The SMILES string of the molecule is CCC(OC)C(Cc1cccc(F)c1Br)NN. The zero-order chi connectivity index (χ0) is 12.8. The van der Waals surface area contributed by atoms with Crippen LogP contribution in [0.3, 0.4) is 0 Å². The van der Waals surface area contributed by atoms with Crippen molar-refractivity contribution in [2.45, 2.75) is 31.9 Å². The third-order valence-corrected chi connectivity index (χ3v) is 3.73. The molecular weight excluding hydrogens is 287 g/mol. The van der Waals surface area contributed by atoms with Crippen molar-refractivity contribution >= 4 is 15.9 Å². The van der Waals surface area contributed by atoms with Crippen LogP contribution in [0.1, 0.15) is 18.9 Å². The highest BCUT2D eigenvalue weighted by Crippen LogP contribution is 2.22. The molecule has 1 aromatic carbocycles. The molecule has 17 heavy (non-hydrogen) atoms. The van der Waals surface area contributed by atoms with Crippen LogP contribution < -0.4 is 11.3 Å². The molecule has 5 heteroatoms. The van der Waals surface area contributed by atoms with Crippen LogP contribution in [0.15, 0.2) is 22.7 Å². The van der Waals surface area contributed by atoms with E-state index in [-0.39, 0.29) is 18.0 Å². The Morgan fingerprint density at radius 1 is 1.53 bits per heavy atom. The van der Waals surface area contributed by atoms with E-state index in [1.807, 2.05) is 13.0 Å². The van der Waals surface area contributed by atoms with E-state index in [2.05, 4.69) is 21.4 Å². The van der Waals surface area contributed by atoms with Crippen LogP contribution in [-0.2, 0) is 11.2 Å². The smallest absolute Gasteiger partial charge is 0.137 e. The van der Waals surface area contributed by atoms with Gasteiger partial charge in [-0.1, -0.05) is 19.1 Å². The molecule has 1 aromatic rings. The lowest BCUT2D eigenvalue weighted by Crippen LogP contribution is -2.46. The van der Waals surface area contributed by atoms with Crippen LogP contribution in [-0.4, -0.2) is 19.3 Å². The van der Waals surface area contributed by atoms with E-state index in [1.54, 1.807) is 13.2 Å². The quantitative estimate of drug-likeness (QED) is 0.627. The predicted octanol–water partition coefficient (Wildman–Crippen LogP) is 2.39. The second kappa shape index (κ2) is 7.06. The van der Waals surface area contributed by atoms with Crippen LogP contribution in [0.5, 0.6) is 0 Å². The molecule has 1 rings (SSSR count). The molecule has 2 unspecified atom stereocenters. The van der Waals surface area contributed by atoms with E-state index < -0.39 is 0 Å². The molecule has 0 saturated heterocycles. The van der Waals surface area contributed by atoms with Crippen molar-refractivity contribution < 1.29 is 9.13 Å². The Morgan fingerprint density at radius 3 is 2.76 bits per heavy atom. The van der Waals surface area contributed by atoms with Crippen LogP contribution in [0, 0.1) is 5.82 Å². The van der Waals surface area contributed by atoms with Crippen molar-refractivity contribution in [1.29, 1.82) is 0 Å². The van der Waals surface area contributed by atoms with Gasteiger partial charge in [-0.3, -0.25) is 11.3 Å². The molecule has 3 N–H and O–H groups in total. The van der Waals surface area contributed by atoms with Crippen LogP contribution >= 0.6 is 15.9 Å². The predicted molar refractivity (Wildman–Crippen MR) is 70.0 cm³/mol. The first-order valence-electron chi connectivity index (χ1n) is 5.55. The molecule has 0 aliphatic carbocycles. The number of rotatable bonds is 6. The molecule has 0 heterocycles. The van der Waals surface area contributed by atoms with Gasteiger partial charge in [-0.2, -0.15) is 0 Å². The Bertz CT molecular complexity index is 358. The summed E-state index contributed by atoms with van der Waals surface area (Å²) in [7, 11) is 1.65. The van der Waals surface area contributed by atoms with Crippen LogP contribution in [0.2, 0.25) is 0 Å². The number of ether oxygens (including phenoxy) is 1. The normalized spacial score (nSPS) is 14.6. The Balaban J connectivity index is 2.83. The van der Waals surface area contributed by atoms with Crippen molar-refractivity contribution in [2.24, 2.45) is 5.84 Å². The molecule has 0 radical (unpaired) electrons. The van der Waals surface area contributed by atoms with E-state index in [4.69, 9.17) is 10.6 Å². The van der Waals surface area contributed by atoms with E-state index >= 15 is 0 Å². The summed E-state index contributed by atoms with van der Waals surface area (Å²) < 4.78 is 19.2. The zero-order valence-corrected chi connectivity index (χ0v) is 11.6. The molecule has 96 valence electrons. The summed E-state index contributed by atoms with van der Waals surface area (Å²) in [6.45, 7) is 2.03. The summed E-state index contributed by atoms with van der Waals surface area (Å²) in [5, 5.41) is 0. The largest absolute Gasteiger partial charge is 0.380 e. The molecule has 2 atom stereocenters. The van der Waals surface area contributed by atoms with Crippen LogP contribution in [0.4, 0.5) is 4.39 Å². The fourth-order valence-electron chi connectivity index (χ4n) is 1.86. The summed E-state index contributed by atoms with van der Waals surface area (Å²) >= 11 is 3.25. The van der Waals surface area contributed by atoms with Crippen molar-refractivity contribution in [2.75, 3.05) is 7.11 Å². The van der Waals surface area contributed by atoms with E-state index in [9.17, 15) is 4.39 Å². The van der Waals surface area contributed by atoms with E-state index in [0.717, 1.165) is 12.0 Å². The number of hydrazine groups is 1. The monoisotopic (exact) mass is 304 g/mol. The maximum atomic E-state index is 13.4. The summed E-state index contributed by atoms with van der Waals surface area (Å²) in [6.07, 6.45) is 1.47. The van der Waals surface area contributed by atoms with Crippen molar-refractivity contribution in [1.82, 2.24) is 5.43 Å². The number of nitrogens with two attached hydrogens (primary N) is 1. The number of benzene rings is 1. The van der Waals surface area contributed by atoms with Gasteiger partial charge in [0.25, 0.3) is 0 Å². The van der Waals surface area contributed by atoms with Crippen molar-refractivity contribution in [3.8, 4) is 0 Å². The first-order valence-corrected chi connectivity index (χ1v) is 6.35. The Hall–Kier alpha value is -0.490. The van der Waals surface area contributed by atoms with Gasteiger partial charge in [0.15, 0.2) is 0 Å². The molecule has 0 fully saturated rings. The fourth-order valence-corrected chi connectivity index (χ4v) is 2.28. The Kier molecular flexibility index (Phi) is 6.05. The second-order valence-corrected chi connectivity index (χ2v) is 4.67. The Labute approximate surface area is 110 Å². The van der Waals surface area contributed by atoms with Gasteiger partial charge < -0.3 is 4.74 Å². The maximum Gasteiger partial charge on any atom is 0.137 e. The average Bonchev–Trinajstić information content (AvgIpc) is 2.34. The van der Waals surface area contributed by atoms with Crippen molar-refractivity contribution in [3.63, 3.8) is 0 Å². The van der Waals surface area contributed by atoms with Gasteiger partial charge >= 0.3 is 0 Å². The van der Waals surface area contributed by atoms with Gasteiger partial charge in [0.2, 0.25) is 0 Å². The summed E-state index contributed by atoms with van der Waals surface area (Å²) in [4.78, 5) is 0. The number of halogens is 2. The van der Waals surface area contributed by atoms with Gasteiger partial charge in [-0.05, 0) is 40.4 Å². The first-order chi connectivity index (χ1) is 8.13. The summed E-state index contributed by atoms with van der Waals surface area (Å²) in [5.74, 6) is 5.26. The molecule has 0 aliphatic rings. The number of hydrogen-bond donors (Lipinski definition) is 2. The van der Waals surface area contributed by atoms with Gasteiger partial charge in [0.05, 0.1) is 16.6 Å². The molecule has 0 spiro atoms. The minimum atomic E-state index is -0.260.